The number of benzene rings is 1. The lowest BCUT2D eigenvalue weighted by atomic mass is 9.98. The van der Waals surface area contributed by atoms with Gasteiger partial charge in [0.05, 0.1) is 34.0 Å². The van der Waals surface area contributed by atoms with Gasteiger partial charge in [-0.25, -0.2) is 4.79 Å². The summed E-state index contributed by atoms with van der Waals surface area (Å²) in [5.41, 5.74) is 0.712. The molecular weight excluding hydrogens is 318 g/mol. The summed E-state index contributed by atoms with van der Waals surface area (Å²) in [6.07, 6.45) is 0.693. The Balaban J connectivity index is 2.77. The van der Waals surface area contributed by atoms with Gasteiger partial charge in [0.2, 0.25) is 0 Å². The van der Waals surface area contributed by atoms with Crippen LogP contribution >= 0.6 is 0 Å². The Morgan fingerprint density at radius 2 is 1.58 bits per heavy atom. The molecule has 1 aromatic heterocycles. The first kappa shape index (κ1) is 17.3. The van der Waals surface area contributed by atoms with Crippen LogP contribution in [0.2, 0.25) is 0 Å². The summed E-state index contributed by atoms with van der Waals surface area (Å²) in [6, 6.07) is 4.89. The second-order valence-electron chi connectivity index (χ2n) is 4.79. The first-order valence-corrected chi connectivity index (χ1v) is 6.91. The van der Waals surface area contributed by atoms with Crippen molar-refractivity contribution in [2.45, 2.75) is 5.92 Å². The third-order valence-corrected chi connectivity index (χ3v) is 3.60. The van der Waals surface area contributed by atoms with Crippen molar-refractivity contribution in [2.75, 3.05) is 28.4 Å². The largest absolute Gasteiger partial charge is 0.497 e. The number of fused-ring (bicyclic) bond motifs is 1. The van der Waals surface area contributed by atoms with Crippen LogP contribution in [0.1, 0.15) is 11.5 Å². The van der Waals surface area contributed by atoms with Gasteiger partial charge in [-0.15, -0.1) is 0 Å². The maximum Gasteiger partial charge on any atom is 0.418 e. The van der Waals surface area contributed by atoms with E-state index < -0.39 is 23.9 Å². The van der Waals surface area contributed by atoms with E-state index in [-0.39, 0.29) is 5.56 Å². The zero-order valence-electron chi connectivity index (χ0n) is 13.7. The second kappa shape index (κ2) is 7.03. The van der Waals surface area contributed by atoms with Crippen molar-refractivity contribution in [1.29, 1.82) is 0 Å². The van der Waals surface area contributed by atoms with E-state index in [1.807, 2.05) is 0 Å². The predicted molar refractivity (Wildman–Crippen MR) is 83.1 cm³/mol. The molecule has 0 saturated carbocycles. The minimum absolute atomic E-state index is 0.257. The van der Waals surface area contributed by atoms with Gasteiger partial charge in [-0.1, -0.05) is 0 Å². The highest BCUT2D eigenvalue weighted by Crippen LogP contribution is 2.32. The van der Waals surface area contributed by atoms with Gasteiger partial charge in [0, 0.05) is 17.1 Å². The van der Waals surface area contributed by atoms with E-state index >= 15 is 0 Å². The molecule has 0 amide bonds. The third-order valence-electron chi connectivity index (χ3n) is 3.60. The Labute approximate surface area is 137 Å². The fraction of sp³-hybridized carbons (Fsp3) is 0.312. The molecule has 0 atom stereocenters. The number of carbonyl (C=O) groups is 3. The molecular formula is C16H17NO7. The van der Waals surface area contributed by atoms with Gasteiger partial charge in [0.25, 0.3) is 0 Å². The van der Waals surface area contributed by atoms with Crippen LogP contribution in [0, 0.1) is 0 Å². The van der Waals surface area contributed by atoms with Crippen molar-refractivity contribution in [3.63, 3.8) is 0 Å². The van der Waals surface area contributed by atoms with Gasteiger partial charge in [0.15, 0.2) is 5.92 Å². The maximum atomic E-state index is 12.1. The average molecular weight is 335 g/mol. The molecule has 0 radical (unpaired) electrons. The SMILES string of the molecule is COC(=O)C(C(=O)OC)c1cn(C(=O)OC)c2ccc(OC)cc12. The molecule has 8 heteroatoms. The number of nitrogens with zero attached hydrogens (tertiary/aromatic N) is 1. The van der Waals surface area contributed by atoms with Crippen LogP contribution in [0.15, 0.2) is 24.4 Å². The Kier molecular flexibility index (Phi) is 5.08. The van der Waals surface area contributed by atoms with E-state index in [9.17, 15) is 14.4 Å². The molecule has 2 aromatic rings. The molecule has 8 nitrogen and oxygen atoms in total. The quantitative estimate of drug-likeness (QED) is 0.477. The van der Waals surface area contributed by atoms with Crippen molar-refractivity contribution >= 4 is 28.9 Å². The van der Waals surface area contributed by atoms with E-state index in [0.717, 1.165) is 0 Å². The monoisotopic (exact) mass is 335 g/mol. The minimum Gasteiger partial charge on any atom is -0.497 e. The fourth-order valence-corrected chi connectivity index (χ4v) is 2.43. The van der Waals surface area contributed by atoms with Crippen LogP contribution in [-0.4, -0.2) is 51.0 Å². The molecule has 0 N–H and O–H groups in total. The van der Waals surface area contributed by atoms with Crippen LogP contribution in [0.25, 0.3) is 10.9 Å². The van der Waals surface area contributed by atoms with E-state index in [4.69, 9.17) is 18.9 Å². The number of hydrogen-bond acceptors (Lipinski definition) is 7. The number of esters is 2. The lowest BCUT2D eigenvalue weighted by Crippen LogP contribution is -2.24. The first-order chi connectivity index (χ1) is 11.5. The van der Waals surface area contributed by atoms with E-state index in [1.165, 1.54) is 39.2 Å². The van der Waals surface area contributed by atoms with Crippen LogP contribution < -0.4 is 4.74 Å². The Bertz CT molecular complexity index is 777. The van der Waals surface area contributed by atoms with Crippen molar-refractivity contribution < 1.29 is 33.3 Å². The predicted octanol–water partition coefficient (Wildman–Crippen LogP) is 1.69. The number of aromatic nitrogens is 1. The van der Waals surface area contributed by atoms with Crippen LogP contribution in [0.3, 0.4) is 0 Å². The maximum absolute atomic E-state index is 12.1. The molecule has 128 valence electrons. The summed E-state index contributed by atoms with van der Waals surface area (Å²) < 4.78 is 20.5. The first-order valence-electron chi connectivity index (χ1n) is 6.91. The lowest BCUT2D eigenvalue weighted by Gasteiger charge is -2.11. The highest BCUT2D eigenvalue weighted by Gasteiger charge is 2.34. The number of methoxy groups -OCH3 is 4. The van der Waals surface area contributed by atoms with Gasteiger partial charge in [-0.05, 0) is 18.2 Å². The van der Waals surface area contributed by atoms with E-state index in [1.54, 1.807) is 18.2 Å². The molecule has 0 spiro atoms. The van der Waals surface area contributed by atoms with Gasteiger partial charge in [0.1, 0.15) is 5.75 Å². The van der Waals surface area contributed by atoms with Crippen LogP contribution in [0.5, 0.6) is 5.75 Å². The Hall–Kier alpha value is -3.03. The molecule has 0 aliphatic heterocycles. The topological polar surface area (TPSA) is 93.1 Å². The van der Waals surface area contributed by atoms with Crippen molar-refractivity contribution in [3.05, 3.63) is 30.0 Å². The molecule has 0 aliphatic rings. The van der Waals surface area contributed by atoms with Gasteiger partial charge in [-0.3, -0.25) is 14.2 Å². The van der Waals surface area contributed by atoms with Crippen LogP contribution in [-0.2, 0) is 23.8 Å². The summed E-state index contributed by atoms with van der Waals surface area (Å²) in [6.45, 7) is 0. The Morgan fingerprint density at radius 3 is 2.08 bits per heavy atom. The zero-order chi connectivity index (χ0) is 17.9. The molecule has 1 heterocycles. The summed E-state index contributed by atoms with van der Waals surface area (Å²) in [5.74, 6) is -2.43. The molecule has 1 aromatic carbocycles. The molecule has 0 unspecified atom stereocenters. The van der Waals surface area contributed by atoms with Crippen LogP contribution in [0.4, 0.5) is 4.79 Å². The minimum atomic E-state index is -1.33. The van der Waals surface area contributed by atoms with Crippen molar-refractivity contribution in [2.24, 2.45) is 0 Å². The smallest absolute Gasteiger partial charge is 0.418 e. The molecule has 0 fully saturated rings. The van der Waals surface area contributed by atoms with E-state index in [2.05, 4.69) is 0 Å². The third kappa shape index (κ3) is 2.90. The van der Waals surface area contributed by atoms with Crippen molar-refractivity contribution in [1.82, 2.24) is 4.57 Å². The number of hydrogen-bond donors (Lipinski definition) is 0. The number of ether oxygens (including phenoxy) is 4. The molecule has 0 aliphatic carbocycles. The van der Waals surface area contributed by atoms with Gasteiger partial charge in [-0.2, -0.15) is 0 Å². The standard InChI is InChI=1S/C16H17NO7/c1-21-9-5-6-12-10(7-9)11(8-17(12)16(20)24-4)13(14(18)22-2)15(19)23-3/h5-8,13H,1-4H3. The fourth-order valence-electron chi connectivity index (χ4n) is 2.43. The Morgan fingerprint density at radius 1 is 0.958 bits per heavy atom. The average Bonchev–Trinajstić information content (AvgIpc) is 2.99. The molecule has 0 bridgehead atoms. The summed E-state index contributed by atoms with van der Waals surface area (Å²) in [7, 11) is 5.04. The highest BCUT2D eigenvalue weighted by atomic mass is 16.5. The van der Waals surface area contributed by atoms with Gasteiger partial charge >= 0.3 is 18.0 Å². The number of rotatable bonds is 4. The zero-order valence-corrected chi connectivity index (χ0v) is 13.7. The molecule has 0 saturated heterocycles. The molecule has 2 rings (SSSR count). The van der Waals surface area contributed by atoms with Gasteiger partial charge < -0.3 is 18.9 Å². The second-order valence-corrected chi connectivity index (χ2v) is 4.79. The summed E-state index contributed by atoms with van der Waals surface area (Å²) in [5, 5.41) is 0.473. The summed E-state index contributed by atoms with van der Waals surface area (Å²) >= 11 is 0. The normalized spacial score (nSPS) is 10.5. The molecule has 24 heavy (non-hydrogen) atoms. The van der Waals surface area contributed by atoms with E-state index in [0.29, 0.717) is 16.7 Å². The number of carbonyl (C=O) groups excluding carboxylic acids is 3. The lowest BCUT2D eigenvalue weighted by molar-refractivity contribution is -0.154. The highest BCUT2D eigenvalue weighted by molar-refractivity contribution is 6.06. The summed E-state index contributed by atoms with van der Waals surface area (Å²) in [4.78, 5) is 36.1. The van der Waals surface area contributed by atoms with Crippen molar-refractivity contribution in [3.8, 4) is 5.75 Å².